The zero-order chi connectivity index (χ0) is 48.2. The number of para-hydroxylation sites is 5. The predicted octanol–water partition coefficient (Wildman–Crippen LogP) is 19.6. The van der Waals surface area contributed by atoms with Crippen molar-refractivity contribution in [2.24, 2.45) is 0 Å². The van der Waals surface area contributed by atoms with Gasteiger partial charge < -0.3 is 13.9 Å². The van der Waals surface area contributed by atoms with E-state index in [1.165, 1.54) is 38.1 Å². The Bertz CT molecular complexity index is 4300. The summed E-state index contributed by atoms with van der Waals surface area (Å²) in [6, 6.07) is 101. The number of furan rings is 1. The summed E-state index contributed by atoms with van der Waals surface area (Å²) in [5.41, 5.74) is 19.8. The van der Waals surface area contributed by atoms with Crippen molar-refractivity contribution in [2.45, 2.75) is 0 Å². The molecule has 14 rings (SSSR count). The second-order valence-corrected chi connectivity index (χ2v) is 18.8. The SMILES string of the molecule is c1ccc(-c2cc(-c3ccc4ccccc4c3)ccc2N(c2ccc(-c3ccccc3-n3c4ccccc4c4ccccc43)cc2)c2ccc(-c3cccc4c3oc3c(-c5ccccc5)cccc34)cc2)cc1. The molecule has 14 aromatic rings. The standard InChI is InChI=1S/C70H46N2O/c1-3-18-48(19-4-1)58-26-15-28-62-63-29-16-27-59(70(63)73-69(58)62)51-37-42-56(43-38-51)71(68-44-39-54(46-64(68)49-20-5-2-6-21-49)53-34-33-47-17-7-8-22-52(47)45-53)55-40-35-50(36-41-55)57-23-9-12-30-65(57)72-66-31-13-10-24-60(66)61-25-11-14-32-67(61)72/h1-46H. The maximum atomic E-state index is 6.89. The highest BCUT2D eigenvalue weighted by Crippen LogP contribution is 2.46. The van der Waals surface area contributed by atoms with Crippen LogP contribution in [0, 0.1) is 0 Å². The molecule has 0 radical (unpaired) electrons. The smallest absolute Gasteiger partial charge is 0.143 e. The molecule has 0 bridgehead atoms. The fourth-order valence-electron chi connectivity index (χ4n) is 11.1. The van der Waals surface area contributed by atoms with Crippen molar-refractivity contribution in [3.05, 3.63) is 279 Å². The van der Waals surface area contributed by atoms with Crippen molar-refractivity contribution >= 4 is 71.6 Å². The Labute approximate surface area is 423 Å². The van der Waals surface area contributed by atoms with Crippen LogP contribution in [-0.4, -0.2) is 4.57 Å². The van der Waals surface area contributed by atoms with Crippen LogP contribution in [0.15, 0.2) is 283 Å². The van der Waals surface area contributed by atoms with E-state index < -0.39 is 0 Å². The largest absolute Gasteiger partial charge is 0.455 e. The van der Waals surface area contributed by atoms with Gasteiger partial charge in [-0.1, -0.05) is 218 Å². The van der Waals surface area contributed by atoms with Gasteiger partial charge in [0, 0.05) is 55.2 Å². The molecular weight excluding hydrogens is 885 g/mol. The first-order chi connectivity index (χ1) is 36.2. The molecule has 0 saturated heterocycles. The average Bonchev–Trinajstić information content (AvgIpc) is 4.04. The Balaban J connectivity index is 0.918. The average molecular weight is 931 g/mol. The molecule has 3 heteroatoms. The van der Waals surface area contributed by atoms with Crippen molar-refractivity contribution in [1.29, 1.82) is 0 Å². The monoisotopic (exact) mass is 930 g/mol. The van der Waals surface area contributed by atoms with Crippen LogP contribution in [0.3, 0.4) is 0 Å². The van der Waals surface area contributed by atoms with Crippen molar-refractivity contribution in [3.63, 3.8) is 0 Å². The maximum absolute atomic E-state index is 6.89. The summed E-state index contributed by atoms with van der Waals surface area (Å²) in [6.07, 6.45) is 0. The highest BCUT2D eigenvalue weighted by molar-refractivity contribution is 6.13. The van der Waals surface area contributed by atoms with Gasteiger partial charge in [0.05, 0.1) is 22.4 Å². The summed E-state index contributed by atoms with van der Waals surface area (Å²) in [5, 5.41) is 7.17. The molecule has 73 heavy (non-hydrogen) atoms. The molecule has 0 spiro atoms. The van der Waals surface area contributed by atoms with Crippen molar-refractivity contribution in [2.75, 3.05) is 4.90 Å². The molecular formula is C70H46N2O. The summed E-state index contributed by atoms with van der Waals surface area (Å²) >= 11 is 0. The number of hydrogen-bond acceptors (Lipinski definition) is 2. The summed E-state index contributed by atoms with van der Waals surface area (Å²) in [7, 11) is 0. The topological polar surface area (TPSA) is 21.3 Å². The summed E-state index contributed by atoms with van der Waals surface area (Å²) in [6.45, 7) is 0. The van der Waals surface area contributed by atoms with Gasteiger partial charge in [0.2, 0.25) is 0 Å². The number of fused-ring (bicyclic) bond motifs is 7. The first kappa shape index (κ1) is 42.2. The highest BCUT2D eigenvalue weighted by Gasteiger charge is 2.22. The Morgan fingerprint density at radius 3 is 1.34 bits per heavy atom. The quantitative estimate of drug-likeness (QED) is 0.144. The highest BCUT2D eigenvalue weighted by atomic mass is 16.3. The Hall–Kier alpha value is -9.70. The molecule has 2 heterocycles. The van der Waals surface area contributed by atoms with E-state index in [0.717, 1.165) is 94.8 Å². The molecule has 0 atom stereocenters. The van der Waals surface area contributed by atoms with Crippen LogP contribution < -0.4 is 4.90 Å². The third-order valence-corrected chi connectivity index (χ3v) is 14.6. The number of nitrogens with zero attached hydrogens (tertiary/aromatic N) is 2. The molecule has 12 aromatic carbocycles. The molecule has 0 N–H and O–H groups in total. The minimum atomic E-state index is 0.887. The van der Waals surface area contributed by atoms with Crippen molar-refractivity contribution in [1.82, 2.24) is 4.57 Å². The fraction of sp³-hybridized carbons (Fsp3) is 0. The first-order valence-electron chi connectivity index (χ1n) is 25.0. The zero-order valence-electron chi connectivity index (χ0n) is 39.9. The number of anilines is 3. The second-order valence-electron chi connectivity index (χ2n) is 18.8. The van der Waals surface area contributed by atoms with Crippen LogP contribution in [-0.2, 0) is 0 Å². The van der Waals surface area contributed by atoms with Crippen molar-refractivity contribution in [3.8, 4) is 61.3 Å². The van der Waals surface area contributed by atoms with Gasteiger partial charge in [0.1, 0.15) is 11.2 Å². The molecule has 0 aliphatic carbocycles. The van der Waals surface area contributed by atoms with Gasteiger partial charge in [-0.05, 0) is 105 Å². The molecule has 2 aromatic heterocycles. The van der Waals surface area contributed by atoms with E-state index in [2.05, 4.69) is 289 Å². The summed E-state index contributed by atoms with van der Waals surface area (Å²) in [4.78, 5) is 2.41. The molecule has 0 aliphatic heterocycles. The van der Waals surface area contributed by atoms with Crippen LogP contribution in [0.1, 0.15) is 0 Å². The molecule has 0 amide bonds. The van der Waals surface area contributed by atoms with Crippen molar-refractivity contribution < 1.29 is 4.42 Å². The molecule has 0 fully saturated rings. The first-order valence-corrected chi connectivity index (χ1v) is 25.0. The number of benzene rings is 12. The maximum Gasteiger partial charge on any atom is 0.143 e. The number of hydrogen-bond donors (Lipinski definition) is 0. The lowest BCUT2D eigenvalue weighted by molar-refractivity contribution is 0.671. The number of rotatable bonds is 9. The molecule has 0 unspecified atom stereocenters. The molecule has 3 nitrogen and oxygen atoms in total. The fourth-order valence-corrected chi connectivity index (χ4v) is 11.1. The number of aromatic nitrogens is 1. The van der Waals surface area contributed by atoms with Gasteiger partial charge in [-0.25, -0.2) is 0 Å². The molecule has 342 valence electrons. The van der Waals surface area contributed by atoms with Gasteiger partial charge in [-0.3, -0.25) is 0 Å². The lowest BCUT2D eigenvalue weighted by Gasteiger charge is -2.29. The minimum Gasteiger partial charge on any atom is -0.455 e. The van der Waals surface area contributed by atoms with Gasteiger partial charge in [0.15, 0.2) is 0 Å². The Kier molecular flexibility index (Phi) is 10.2. The van der Waals surface area contributed by atoms with E-state index in [-0.39, 0.29) is 0 Å². The van der Waals surface area contributed by atoms with E-state index in [1.54, 1.807) is 0 Å². The minimum absolute atomic E-state index is 0.887. The van der Waals surface area contributed by atoms with Gasteiger partial charge >= 0.3 is 0 Å². The van der Waals surface area contributed by atoms with Crippen LogP contribution in [0.5, 0.6) is 0 Å². The summed E-state index contributed by atoms with van der Waals surface area (Å²) in [5.74, 6) is 0. The lowest BCUT2D eigenvalue weighted by Crippen LogP contribution is -2.11. The van der Waals surface area contributed by atoms with Crippen LogP contribution in [0.4, 0.5) is 17.1 Å². The third-order valence-electron chi connectivity index (χ3n) is 14.6. The van der Waals surface area contributed by atoms with Gasteiger partial charge in [-0.15, -0.1) is 0 Å². The normalized spacial score (nSPS) is 11.6. The Morgan fingerprint density at radius 1 is 0.274 bits per heavy atom. The van der Waals surface area contributed by atoms with Crippen LogP contribution in [0.2, 0.25) is 0 Å². The molecule has 0 saturated carbocycles. The molecule has 0 aliphatic rings. The van der Waals surface area contributed by atoms with E-state index in [9.17, 15) is 0 Å². The second kappa shape index (κ2) is 17.6. The summed E-state index contributed by atoms with van der Waals surface area (Å²) < 4.78 is 9.30. The van der Waals surface area contributed by atoms with Crippen LogP contribution in [0.25, 0.3) is 116 Å². The van der Waals surface area contributed by atoms with E-state index >= 15 is 0 Å². The van der Waals surface area contributed by atoms with Gasteiger partial charge in [-0.2, -0.15) is 0 Å². The zero-order valence-corrected chi connectivity index (χ0v) is 39.9. The van der Waals surface area contributed by atoms with Gasteiger partial charge in [0.25, 0.3) is 0 Å². The lowest BCUT2D eigenvalue weighted by atomic mass is 9.94. The predicted molar refractivity (Wildman–Crippen MR) is 307 cm³/mol. The van der Waals surface area contributed by atoms with E-state index in [4.69, 9.17) is 4.42 Å². The van der Waals surface area contributed by atoms with E-state index in [0.29, 0.717) is 0 Å². The third kappa shape index (κ3) is 7.29. The Morgan fingerprint density at radius 2 is 0.712 bits per heavy atom. The van der Waals surface area contributed by atoms with E-state index in [1.807, 2.05) is 0 Å². The van der Waals surface area contributed by atoms with Crippen LogP contribution >= 0.6 is 0 Å².